The summed E-state index contributed by atoms with van der Waals surface area (Å²) in [6.45, 7) is 1.80. The molecule has 2 amide bonds. The summed E-state index contributed by atoms with van der Waals surface area (Å²) in [4.78, 5) is 26.6. The molecule has 1 heterocycles. The van der Waals surface area contributed by atoms with Crippen molar-refractivity contribution in [2.75, 3.05) is 26.2 Å². The summed E-state index contributed by atoms with van der Waals surface area (Å²) in [6.07, 6.45) is 3.80. The molecule has 0 radical (unpaired) electrons. The molecular formula is C22H25FN2O3. The van der Waals surface area contributed by atoms with Crippen LogP contribution in [-0.2, 0) is 11.2 Å². The smallest absolute Gasteiger partial charge is 0.257 e. The number of nitrogens with zero attached hydrogens (tertiary/aromatic N) is 1. The first-order valence-electron chi connectivity index (χ1n) is 9.66. The van der Waals surface area contributed by atoms with Crippen LogP contribution in [0.1, 0.15) is 35.2 Å². The quantitative estimate of drug-likeness (QED) is 0.798. The minimum absolute atomic E-state index is 0.0491. The van der Waals surface area contributed by atoms with Crippen LogP contribution < -0.4 is 10.1 Å². The van der Waals surface area contributed by atoms with Crippen molar-refractivity contribution in [1.82, 2.24) is 10.2 Å². The van der Waals surface area contributed by atoms with Crippen molar-refractivity contribution < 1.29 is 18.7 Å². The molecule has 0 spiro atoms. The van der Waals surface area contributed by atoms with Crippen LogP contribution in [0.15, 0.2) is 48.5 Å². The molecule has 2 aromatic rings. The van der Waals surface area contributed by atoms with Crippen LogP contribution >= 0.6 is 0 Å². The molecule has 1 fully saturated rings. The molecule has 1 aliphatic heterocycles. The van der Waals surface area contributed by atoms with Crippen LogP contribution in [0.5, 0.6) is 5.75 Å². The number of likely N-dealkylation sites (tertiary alicyclic amines) is 1. The molecule has 1 saturated heterocycles. The Bertz CT molecular complexity index is 802. The third-order valence-corrected chi connectivity index (χ3v) is 4.77. The monoisotopic (exact) mass is 384 g/mol. The van der Waals surface area contributed by atoms with E-state index >= 15 is 0 Å². The lowest BCUT2D eigenvalue weighted by atomic mass is 10.1. The van der Waals surface area contributed by atoms with Gasteiger partial charge in [0.15, 0.2) is 6.61 Å². The van der Waals surface area contributed by atoms with Gasteiger partial charge in [-0.1, -0.05) is 24.3 Å². The number of amides is 2. The van der Waals surface area contributed by atoms with E-state index in [1.807, 2.05) is 4.90 Å². The van der Waals surface area contributed by atoms with E-state index in [2.05, 4.69) is 5.32 Å². The van der Waals surface area contributed by atoms with Gasteiger partial charge in [0.25, 0.3) is 11.8 Å². The highest BCUT2D eigenvalue weighted by atomic mass is 19.1. The fraction of sp³-hybridized carbons (Fsp3) is 0.364. The second-order valence-corrected chi connectivity index (χ2v) is 6.86. The molecule has 0 aromatic heterocycles. The van der Waals surface area contributed by atoms with Crippen molar-refractivity contribution in [3.05, 3.63) is 65.5 Å². The molecule has 0 atom stereocenters. The third kappa shape index (κ3) is 5.55. The maximum absolute atomic E-state index is 12.9. The van der Waals surface area contributed by atoms with E-state index < -0.39 is 0 Å². The van der Waals surface area contributed by atoms with Gasteiger partial charge in [0.05, 0.1) is 5.56 Å². The van der Waals surface area contributed by atoms with E-state index in [1.54, 1.807) is 36.4 Å². The second kappa shape index (κ2) is 9.88. The van der Waals surface area contributed by atoms with Gasteiger partial charge in [0.1, 0.15) is 11.6 Å². The summed E-state index contributed by atoms with van der Waals surface area (Å²) in [5.74, 6) is -0.167. The van der Waals surface area contributed by atoms with Gasteiger partial charge in [-0.05, 0) is 55.5 Å². The zero-order valence-electron chi connectivity index (χ0n) is 15.8. The van der Waals surface area contributed by atoms with E-state index in [-0.39, 0.29) is 24.2 Å². The molecule has 3 rings (SSSR count). The number of carbonyl (C=O) groups excluding carboxylic acids is 2. The number of para-hydroxylation sites is 1. The van der Waals surface area contributed by atoms with E-state index in [9.17, 15) is 14.0 Å². The number of carbonyl (C=O) groups is 2. The van der Waals surface area contributed by atoms with Crippen LogP contribution in [0.3, 0.4) is 0 Å². The van der Waals surface area contributed by atoms with Gasteiger partial charge in [-0.25, -0.2) is 4.39 Å². The standard InChI is InChI=1S/C22H25FN2O3/c23-18-10-8-17(9-11-18)12-13-24-21(26)16-28-20-7-3-2-6-19(20)22(27)25-14-4-1-5-15-25/h2-3,6-11H,1,4-5,12-16H2,(H,24,26). The Hall–Kier alpha value is -2.89. The van der Waals surface area contributed by atoms with Gasteiger partial charge in [0.2, 0.25) is 0 Å². The highest BCUT2D eigenvalue weighted by Gasteiger charge is 2.21. The lowest BCUT2D eigenvalue weighted by molar-refractivity contribution is -0.123. The van der Waals surface area contributed by atoms with Crippen molar-refractivity contribution in [3.63, 3.8) is 0 Å². The molecule has 1 N–H and O–H groups in total. The minimum atomic E-state index is -0.279. The van der Waals surface area contributed by atoms with Crippen LogP contribution in [0.25, 0.3) is 0 Å². The summed E-state index contributed by atoms with van der Waals surface area (Å²) in [6, 6.07) is 13.2. The first-order chi connectivity index (χ1) is 13.6. The Labute approximate surface area is 164 Å². The Kier molecular flexibility index (Phi) is 7.00. The molecule has 0 unspecified atom stereocenters. The highest BCUT2D eigenvalue weighted by Crippen LogP contribution is 2.22. The molecule has 0 bridgehead atoms. The van der Waals surface area contributed by atoms with Gasteiger partial charge in [-0.2, -0.15) is 0 Å². The minimum Gasteiger partial charge on any atom is -0.483 e. The number of hydrogen-bond donors (Lipinski definition) is 1. The maximum Gasteiger partial charge on any atom is 0.257 e. The molecular weight excluding hydrogens is 359 g/mol. The molecule has 0 aliphatic carbocycles. The summed E-state index contributed by atoms with van der Waals surface area (Å²) < 4.78 is 18.5. The Morgan fingerprint density at radius 2 is 1.71 bits per heavy atom. The lowest BCUT2D eigenvalue weighted by Crippen LogP contribution is -2.36. The highest BCUT2D eigenvalue weighted by molar-refractivity contribution is 5.97. The number of halogens is 1. The van der Waals surface area contributed by atoms with Crippen molar-refractivity contribution in [2.45, 2.75) is 25.7 Å². The van der Waals surface area contributed by atoms with Crippen LogP contribution in [0.2, 0.25) is 0 Å². The maximum atomic E-state index is 12.9. The van der Waals surface area contributed by atoms with Crippen molar-refractivity contribution in [1.29, 1.82) is 0 Å². The number of benzene rings is 2. The second-order valence-electron chi connectivity index (χ2n) is 6.86. The lowest BCUT2D eigenvalue weighted by Gasteiger charge is -2.27. The molecule has 6 heteroatoms. The normalized spacial score (nSPS) is 13.8. The van der Waals surface area contributed by atoms with Gasteiger partial charge in [-0.15, -0.1) is 0 Å². The van der Waals surface area contributed by atoms with Gasteiger partial charge >= 0.3 is 0 Å². The molecule has 28 heavy (non-hydrogen) atoms. The number of ether oxygens (including phenoxy) is 1. The number of piperidine rings is 1. The largest absolute Gasteiger partial charge is 0.483 e. The average Bonchev–Trinajstić information content (AvgIpc) is 2.74. The Morgan fingerprint density at radius 3 is 2.46 bits per heavy atom. The van der Waals surface area contributed by atoms with Crippen LogP contribution in [0.4, 0.5) is 4.39 Å². The predicted molar refractivity (Wildman–Crippen MR) is 105 cm³/mol. The van der Waals surface area contributed by atoms with E-state index in [0.717, 1.165) is 37.9 Å². The predicted octanol–water partition coefficient (Wildman–Crippen LogP) is 3.19. The van der Waals surface area contributed by atoms with E-state index in [4.69, 9.17) is 4.74 Å². The van der Waals surface area contributed by atoms with E-state index in [1.165, 1.54) is 12.1 Å². The van der Waals surface area contributed by atoms with Gasteiger partial charge in [-0.3, -0.25) is 9.59 Å². The molecule has 1 aliphatic rings. The third-order valence-electron chi connectivity index (χ3n) is 4.77. The molecule has 2 aromatic carbocycles. The summed E-state index contributed by atoms with van der Waals surface area (Å²) >= 11 is 0. The Balaban J connectivity index is 1.49. The Morgan fingerprint density at radius 1 is 1.00 bits per heavy atom. The van der Waals surface area contributed by atoms with Gasteiger partial charge < -0.3 is 15.0 Å². The zero-order valence-corrected chi connectivity index (χ0v) is 15.8. The van der Waals surface area contributed by atoms with Crippen LogP contribution in [-0.4, -0.2) is 43.0 Å². The fourth-order valence-corrected chi connectivity index (χ4v) is 3.23. The van der Waals surface area contributed by atoms with Gasteiger partial charge in [0, 0.05) is 19.6 Å². The molecule has 5 nitrogen and oxygen atoms in total. The van der Waals surface area contributed by atoms with Crippen molar-refractivity contribution in [2.24, 2.45) is 0 Å². The first kappa shape index (κ1) is 19.9. The molecule has 0 saturated carbocycles. The summed E-state index contributed by atoms with van der Waals surface area (Å²) in [5, 5.41) is 2.78. The van der Waals surface area contributed by atoms with Crippen LogP contribution in [0, 0.1) is 5.82 Å². The topological polar surface area (TPSA) is 58.6 Å². The zero-order chi connectivity index (χ0) is 19.8. The first-order valence-corrected chi connectivity index (χ1v) is 9.66. The molecule has 148 valence electrons. The number of nitrogens with one attached hydrogen (secondary N) is 1. The summed E-state index contributed by atoms with van der Waals surface area (Å²) in [7, 11) is 0. The fourth-order valence-electron chi connectivity index (χ4n) is 3.23. The van der Waals surface area contributed by atoms with Crippen molar-refractivity contribution in [3.8, 4) is 5.75 Å². The number of rotatable bonds is 7. The van der Waals surface area contributed by atoms with Crippen molar-refractivity contribution >= 4 is 11.8 Å². The SMILES string of the molecule is O=C(COc1ccccc1C(=O)N1CCCCC1)NCCc1ccc(F)cc1. The number of hydrogen-bond acceptors (Lipinski definition) is 3. The average molecular weight is 384 g/mol. The van der Waals surface area contributed by atoms with E-state index in [0.29, 0.717) is 24.3 Å². The summed E-state index contributed by atoms with van der Waals surface area (Å²) in [5.41, 5.74) is 1.43.